The Bertz CT molecular complexity index is 445. The van der Waals surface area contributed by atoms with E-state index in [1.165, 1.54) is 0 Å². The van der Waals surface area contributed by atoms with Gasteiger partial charge < -0.3 is 9.72 Å². The molecule has 1 N–H and O–H groups in total. The molecule has 0 aliphatic carbocycles. The van der Waals surface area contributed by atoms with Crippen LogP contribution in [0.25, 0.3) is 0 Å². The van der Waals surface area contributed by atoms with Gasteiger partial charge >= 0.3 is 0 Å². The van der Waals surface area contributed by atoms with E-state index in [1.807, 2.05) is 42.6 Å². The number of thiocarbonyl (C=S) groups is 1. The third kappa shape index (κ3) is 2.07. The quantitative estimate of drug-likeness (QED) is 0.631. The summed E-state index contributed by atoms with van der Waals surface area (Å²) in [5.41, 5.74) is 1.99. The van der Waals surface area contributed by atoms with Crippen LogP contribution < -0.4 is 4.74 Å². The molecular weight excluding hydrogens is 206 g/mol. The van der Waals surface area contributed by atoms with E-state index in [9.17, 15) is 0 Å². The molecule has 2 nitrogen and oxygen atoms in total. The van der Waals surface area contributed by atoms with E-state index < -0.39 is 0 Å². The second kappa shape index (κ2) is 4.28. The van der Waals surface area contributed by atoms with E-state index in [2.05, 4.69) is 4.98 Å². The van der Waals surface area contributed by atoms with Gasteiger partial charge in [0.1, 0.15) is 5.75 Å². The number of ether oxygens (including phenoxy) is 1. The van der Waals surface area contributed by atoms with Crippen molar-refractivity contribution in [2.45, 2.75) is 0 Å². The monoisotopic (exact) mass is 217 g/mol. The third-order valence-corrected chi connectivity index (χ3v) is 2.65. The molecule has 0 unspecified atom stereocenters. The van der Waals surface area contributed by atoms with E-state index in [-0.39, 0.29) is 0 Å². The fourth-order valence-corrected chi connectivity index (χ4v) is 1.63. The number of aromatic amines is 1. The number of aromatic nitrogens is 1. The Balaban J connectivity index is 2.27. The van der Waals surface area contributed by atoms with E-state index in [1.54, 1.807) is 7.11 Å². The van der Waals surface area contributed by atoms with Gasteiger partial charge in [-0.2, -0.15) is 0 Å². The van der Waals surface area contributed by atoms with Gasteiger partial charge in [-0.25, -0.2) is 0 Å². The van der Waals surface area contributed by atoms with Crippen molar-refractivity contribution in [1.82, 2.24) is 4.98 Å². The van der Waals surface area contributed by atoms with Gasteiger partial charge in [0, 0.05) is 6.20 Å². The molecule has 76 valence electrons. The maximum absolute atomic E-state index is 5.35. The van der Waals surface area contributed by atoms with Gasteiger partial charge in [-0.3, -0.25) is 0 Å². The summed E-state index contributed by atoms with van der Waals surface area (Å²) in [6.45, 7) is 0. The zero-order valence-corrected chi connectivity index (χ0v) is 9.17. The highest BCUT2D eigenvalue weighted by atomic mass is 32.1. The first-order chi connectivity index (χ1) is 7.31. The van der Waals surface area contributed by atoms with Crippen LogP contribution in [0, 0.1) is 0 Å². The summed E-state index contributed by atoms with van der Waals surface area (Å²) in [5.74, 6) is 0.841. The molecule has 0 aliphatic heterocycles. The van der Waals surface area contributed by atoms with E-state index in [0.29, 0.717) is 0 Å². The lowest BCUT2D eigenvalue weighted by Gasteiger charge is -2.03. The van der Waals surface area contributed by atoms with Gasteiger partial charge in [-0.05, 0) is 42.0 Å². The minimum Gasteiger partial charge on any atom is -0.497 e. The van der Waals surface area contributed by atoms with Crippen LogP contribution in [0.3, 0.4) is 0 Å². The summed E-state index contributed by atoms with van der Waals surface area (Å²) in [6, 6.07) is 11.6. The lowest BCUT2D eigenvalue weighted by molar-refractivity contribution is 0.415. The second-order valence-electron chi connectivity index (χ2n) is 3.14. The number of hydrogen-bond donors (Lipinski definition) is 1. The van der Waals surface area contributed by atoms with Gasteiger partial charge in [0.15, 0.2) is 0 Å². The lowest BCUT2D eigenvalue weighted by Crippen LogP contribution is -1.99. The van der Waals surface area contributed by atoms with Crippen LogP contribution in [-0.2, 0) is 0 Å². The van der Waals surface area contributed by atoms with Crippen molar-refractivity contribution in [2.24, 2.45) is 0 Å². The average molecular weight is 217 g/mol. The van der Waals surface area contributed by atoms with Gasteiger partial charge in [0.05, 0.1) is 17.7 Å². The Morgan fingerprint density at radius 2 is 1.93 bits per heavy atom. The van der Waals surface area contributed by atoms with Crippen LogP contribution in [0.5, 0.6) is 5.75 Å². The number of benzene rings is 1. The zero-order valence-electron chi connectivity index (χ0n) is 8.36. The first-order valence-electron chi connectivity index (χ1n) is 4.63. The summed E-state index contributed by atoms with van der Waals surface area (Å²) in [5, 5.41) is 0. The largest absolute Gasteiger partial charge is 0.497 e. The Morgan fingerprint density at radius 1 is 1.20 bits per heavy atom. The second-order valence-corrected chi connectivity index (χ2v) is 3.55. The van der Waals surface area contributed by atoms with Crippen molar-refractivity contribution in [2.75, 3.05) is 7.11 Å². The Morgan fingerprint density at radius 3 is 2.47 bits per heavy atom. The Kier molecular flexibility index (Phi) is 2.83. The molecule has 0 spiro atoms. The normalized spacial score (nSPS) is 9.93. The summed E-state index contributed by atoms with van der Waals surface area (Å²) in [6.07, 6.45) is 1.87. The van der Waals surface area contributed by atoms with Crippen molar-refractivity contribution in [3.8, 4) is 5.75 Å². The predicted octanol–water partition coefficient (Wildman–Crippen LogP) is 2.79. The molecule has 0 amide bonds. The smallest absolute Gasteiger partial charge is 0.118 e. The first kappa shape index (κ1) is 9.93. The molecule has 1 aromatic carbocycles. The molecule has 0 aliphatic rings. The summed E-state index contributed by atoms with van der Waals surface area (Å²) >= 11 is 5.35. The van der Waals surface area contributed by atoms with E-state index >= 15 is 0 Å². The molecule has 0 bridgehead atoms. The summed E-state index contributed by atoms with van der Waals surface area (Å²) in [7, 11) is 1.65. The summed E-state index contributed by atoms with van der Waals surface area (Å²) < 4.78 is 5.09. The molecule has 3 heteroatoms. The zero-order chi connectivity index (χ0) is 10.7. The molecule has 0 saturated heterocycles. The van der Waals surface area contributed by atoms with Crippen molar-refractivity contribution in [3.05, 3.63) is 53.9 Å². The maximum atomic E-state index is 5.35. The number of hydrogen-bond acceptors (Lipinski definition) is 2. The van der Waals surface area contributed by atoms with Crippen LogP contribution in [-0.4, -0.2) is 17.0 Å². The Hall–Kier alpha value is -1.61. The van der Waals surface area contributed by atoms with Crippen molar-refractivity contribution in [1.29, 1.82) is 0 Å². The SMILES string of the molecule is COc1ccc(C(=S)c2ccc[nH]2)cc1. The molecule has 15 heavy (non-hydrogen) atoms. The standard InChI is InChI=1S/C12H11NOS/c1-14-10-6-4-9(5-7-10)12(15)11-3-2-8-13-11/h2-8,13H,1H3. The number of H-pyrrole nitrogens is 1. The van der Waals surface area contributed by atoms with E-state index in [0.717, 1.165) is 21.9 Å². The minimum atomic E-state index is 0.822. The van der Waals surface area contributed by atoms with Gasteiger partial charge in [0.2, 0.25) is 0 Å². The average Bonchev–Trinajstić information content (AvgIpc) is 2.82. The topological polar surface area (TPSA) is 25.0 Å². The summed E-state index contributed by atoms with van der Waals surface area (Å²) in [4.78, 5) is 3.91. The van der Waals surface area contributed by atoms with Crippen LogP contribution in [0.1, 0.15) is 11.3 Å². The molecule has 1 heterocycles. The van der Waals surface area contributed by atoms with E-state index in [4.69, 9.17) is 17.0 Å². The fourth-order valence-electron chi connectivity index (χ4n) is 1.37. The Labute approximate surface area is 93.9 Å². The highest BCUT2D eigenvalue weighted by molar-refractivity contribution is 7.81. The number of methoxy groups -OCH3 is 1. The number of rotatable bonds is 3. The number of nitrogens with one attached hydrogen (secondary N) is 1. The van der Waals surface area contributed by atoms with Crippen molar-refractivity contribution >= 4 is 17.1 Å². The fraction of sp³-hybridized carbons (Fsp3) is 0.0833. The first-order valence-corrected chi connectivity index (χ1v) is 5.04. The molecule has 1 aromatic heterocycles. The van der Waals surface area contributed by atoms with Gasteiger partial charge in [0.25, 0.3) is 0 Å². The predicted molar refractivity (Wildman–Crippen MR) is 64.6 cm³/mol. The molecule has 0 radical (unpaired) electrons. The van der Waals surface area contributed by atoms with Crippen molar-refractivity contribution in [3.63, 3.8) is 0 Å². The molecule has 2 rings (SSSR count). The molecular formula is C12H11NOS. The maximum Gasteiger partial charge on any atom is 0.118 e. The van der Waals surface area contributed by atoms with Gasteiger partial charge in [-0.1, -0.05) is 12.2 Å². The highest BCUT2D eigenvalue weighted by Gasteiger charge is 2.04. The molecule has 0 atom stereocenters. The van der Waals surface area contributed by atoms with Crippen LogP contribution in [0.2, 0.25) is 0 Å². The van der Waals surface area contributed by atoms with Crippen molar-refractivity contribution < 1.29 is 4.74 Å². The molecule has 2 aromatic rings. The molecule has 0 fully saturated rings. The van der Waals surface area contributed by atoms with Crippen LogP contribution >= 0.6 is 12.2 Å². The lowest BCUT2D eigenvalue weighted by atomic mass is 10.1. The van der Waals surface area contributed by atoms with Crippen LogP contribution in [0.4, 0.5) is 0 Å². The van der Waals surface area contributed by atoms with Crippen LogP contribution in [0.15, 0.2) is 42.6 Å². The highest BCUT2D eigenvalue weighted by Crippen LogP contribution is 2.14. The third-order valence-electron chi connectivity index (χ3n) is 2.19. The van der Waals surface area contributed by atoms with Gasteiger partial charge in [-0.15, -0.1) is 0 Å². The minimum absolute atomic E-state index is 0.822. The molecule has 0 saturated carbocycles.